The number of nitrogens with zero attached hydrogens (tertiary/aromatic N) is 2. The van der Waals surface area contributed by atoms with E-state index in [9.17, 15) is 14.7 Å². The zero-order valence-corrected chi connectivity index (χ0v) is 16.8. The topological polar surface area (TPSA) is 107 Å². The Balaban J connectivity index is 1.78. The number of pyridine rings is 1. The van der Waals surface area contributed by atoms with Crippen LogP contribution in [-0.4, -0.2) is 53.6 Å². The number of benzene rings is 1. The van der Waals surface area contributed by atoms with Crippen molar-refractivity contribution < 1.29 is 23.8 Å². The van der Waals surface area contributed by atoms with Crippen LogP contribution in [0.2, 0.25) is 0 Å². The number of hydrogen-bond acceptors (Lipinski definition) is 6. The smallest absolute Gasteiger partial charge is 0.341 e. The predicted molar refractivity (Wildman–Crippen MR) is 108 cm³/mol. The van der Waals surface area contributed by atoms with Gasteiger partial charge in [-0.15, -0.1) is 0 Å². The molecule has 3 N–H and O–H groups in total. The molecule has 30 heavy (non-hydrogen) atoms. The van der Waals surface area contributed by atoms with Crippen LogP contribution in [0.4, 0.5) is 10.1 Å². The van der Waals surface area contributed by atoms with Gasteiger partial charge in [-0.2, -0.15) is 0 Å². The molecule has 3 heterocycles. The van der Waals surface area contributed by atoms with Crippen LogP contribution in [0.1, 0.15) is 42.6 Å². The van der Waals surface area contributed by atoms with Crippen LogP contribution in [0.3, 0.4) is 0 Å². The van der Waals surface area contributed by atoms with E-state index in [4.69, 9.17) is 15.2 Å². The molecule has 1 aliphatic carbocycles. The highest BCUT2D eigenvalue weighted by Crippen LogP contribution is 2.46. The third-order valence-electron chi connectivity index (χ3n) is 6.43. The molecule has 4 atom stereocenters. The number of carboxylic acids is 1. The van der Waals surface area contributed by atoms with Gasteiger partial charge in [0.05, 0.1) is 42.3 Å². The number of hydrogen-bond donors (Lipinski definition) is 2. The van der Waals surface area contributed by atoms with Gasteiger partial charge in [0, 0.05) is 18.8 Å². The molecule has 160 valence electrons. The summed E-state index contributed by atoms with van der Waals surface area (Å²) in [6, 6.07) is 0.843. The third kappa shape index (κ3) is 2.72. The monoisotopic (exact) mass is 417 g/mol. The Hall–Kier alpha value is -2.65. The lowest BCUT2D eigenvalue weighted by Crippen LogP contribution is -2.35. The van der Waals surface area contributed by atoms with Gasteiger partial charge in [-0.3, -0.25) is 4.79 Å². The second-order valence-electron chi connectivity index (χ2n) is 8.48. The first-order valence-corrected chi connectivity index (χ1v) is 10.2. The number of methoxy groups -OCH3 is 1. The van der Waals surface area contributed by atoms with Crippen LogP contribution in [-0.2, 0) is 4.74 Å². The van der Waals surface area contributed by atoms with Crippen molar-refractivity contribution in [2.24, 2.45) is 5.73 Å². The quantitative estimate of drug-likeness (QED) is 0.782. The summed E-state index contributed by atoms with van der Waals surface area (Å²) in [6.07, 6.45) is 3.61. The van der Waals surface area contributed by atoms with Crippen molar-refractivity contribution in [2.45, 2.75) is 56.5 Å². The maximum Gasteiger partial charge on any atom is 0.341 e. The van der Waals surface area contributed by atoms with Gasteiger partial charge in [0.25, 0.3) is 0 Å². The molecule has 3 fully saturated rings. The van der Waals surface area contributed by atoms with Gasteiger partial charge < -0.3 is 29.8 Å². The number of fused-ring (bicyclic) bond motifs is 2. The van der Waals surface area contributed by atoms with E-state index in [1.165, 1.54) is 13.3 Å². The van der Waals surface area contributed by atoms with Crippen molar-refractivity contribution >= 4 is 22.6 Å². The average Bonchev–Trinajstić information content (AvgIpc) is 3.40. The first-order chi connectivity index (χ1) is 14.3. The molecular weight excluding hydrogens is 393 g/mol. The van der Waals surface area contributed by atoms with Crippen molar-refractivity contribution in [1.82, 2.24) is 4.57 Å². The highest BCUT2D eigenvalue weighted by atomic mass is 19.1. The largest absolute Gasteiger partial charge is 0.492 e. The number of anilines is 1. The Kier molecular flexibility index (Phi) is 4.30. The van der Waals surface area contributed by atoms with Gasteiger partial charge in [0.1, 0.15) is 11.3 Å². The lowest BCUT2D eigenvalue weighted by molar-refractivity contribution is 0.0483. The van der Waals surface area contributed by atoms with Crippen LogP contribution >= 0.6 is 0 Å². The highest BCUT2D eigenvalue weighted by molar-refractivity contribution is 5.97. The number of aromatic nitrogens is 1. The van der Waals surface area contributed by atoms with Crippen molar-refractivity contribution in [3.8, 4) is 5.75 Å². The first-order valence-electron chi connectivity index (χ1n) is 10.2. The first kappa shape index (κ1) is 19.3. The molecule has 2 aliphatic heterocycles. The van der Waals surface area contributed by atoms with E-state index in [-0.39, 0.29) is 52.7 Å². The summed E-state index contributed by atoms with van der Waals surface area (Å²) >= 11 is 0. The lowest BCUT2D eigenvalue weighted by Gasteiger charge is -2.28. The molecule has 0 bridgehead atoms. The van der Waals surface area contributed by atoms with Gasteiger partial charge in [-0.25, -0.2) is 9.18 Å². The maximum atomic E-state index is 15.5. The zero-order chi connectivity index (χ0) is 21.3. The maximum absolute atomic E-state index is 15.5. The number of rotatable bonds is 4. The van der Waals surface area contributed by atoms with Crippen molar-refractivity contribution in [1.29, 1.82) is 0 Å². The summed E-state index contributed by atoms with van der Waals surface area (Å²) in [5.74, 6) is -1.72. The third-order valence-corrected chi connectivity index (χ3v) is 6.43. The normalized spacial score (nSPS) is 28.2. The summed E-state index contributed by atoms with van der Waals surface area (Å²) in [5.41, 5.74) is 5.87. The molecule has 1 aromatic carbocycles. The standard InChI is InChI=1S/C21H24FN3O5/c1-9-5-15-19(30-9)14(23)8-25(15)17-13(22)6-11-16(20(17)29-2)24(10-3-4-10)7-12(18(11)26)21(27)28/h6-7,9-10,14-15,19H,3-5,8,23H2,1-2H3,(H,27,28). The summed E-state index contributed by atoms with van der Waals surface area (Å²) in [7, 11) is 1.44. The van der Waals surface area contributed by atoms with Gasteiger partial charge in [-0.05, 0) is 32.3 Å². The summed E-state index contributed by atoms with van der Waals surface area (Å²) < 4.78 is 28.8. The Labute approximate surface area is 172 Å². The lowest BCUT2D eigenvalue weighted by atomic mass is 10.1. The molecule has 2 saturated heterocycles. The Bertz CT molecular complexity index is 1110. The molecule has 4 unspecified atom stereocenters. The molecular formula is C21H24FN3O5. The van der Waals surface area contributed by atoms with E-state index in [2.05, 4.69) is 0 Å². The van der Waals surface area contributed by atoms with Gasteiger partial charge in [0.15, 0.2) is 11.6 Å². The minimum Gasteiger partial charge on any atom is -0.492 e. The van der Waals surface area contributed by atoms with Crippen LogP contribution < -0.4 is 20.8 Å². The molecule has 2 aromatic rings. The van der Waals surface area contributed by atoms with Crippen molar-refractivity contribution in [3.63, 3.8) is 0 Å². The SMILES string of the molecule is COc1c(N2CC(N)C3OC(C)CC32)c(F)cc2c(=O)c(C(=O)O)cn(C3CC3)c12. The van der Waals surface area contributed by atoms with Crippen LogP contribution in [0.25, 0.3) is 10.9 Å². The fraction of sp³-hybridized carbons (Fsp3) is 0.524. The summed E-state index contributed by atoms with van der Waals surface area (Å²) in [4.78, 5) is 26.3. The van der Waals surface area contributed by atoms with E-state index in [0.29, 0.717) is 18.5 Å². The Morgan fingerprint density at radius 1 is 1.40 bits per heavy atom. The molecule has 3 aliphatic rings. The van der Waals surface area contributed by atoms with Crippen molar-refractivity contribution in [3.05, 3.63) is 33.9 Å². The number of carbonyl (C=O) groups is 1. The molecule has 0 spiro atoms. The van der Waals surface area contributed by atoms with E-state index in [0.717, 1.165) is 18.9 Å². The van der Waals surface area contributed by atoms with Crippen molar-refractivity contribution in [2.75, 3.05) is 18.6 Å². The van der Waals surface area contributed by atoms with Crippen LogP contribution in [0, 0.1) is 5.82 Å². The molecule has 0 radical (unpaired) electrons. The van der Waals surface area contributed by atoms with Gasteiger partial charge in [0.2, 0.25) is 5.43 Å². The Morgan fingerprint density at radius 2 is 2.13 bits per heavy atom. The fourth-order valence-corrected chi connectivity index (χ4v) is 5.00. The molecule has 0 amide bonds. The fourth-order valence-electron chi connectivity index (χ4n) is 5.00. The molecule has 5 rings (SSSR count). The number of nitrogens with two attached hydrogens (primary N) is 1. The van der Waals surface area contributed by atoms with E-state index >= 15 is 4.39 Å². The number of carboxylic acid groups (broad SMARTS) is 1. The number of ether oxygens (including phenoxy) is 2. The van der Waals surface area contributed by atoms with Crippen LogP contribution in [0.15, 0.2) is 17.1 Å². The minimum absolute atomic E-state index is 0.0102. The summed E-state index contributed by atoms with van der Waals surface area (Å²) in [5, 5.41) is 9.47. The highest BCUT2D eigenvalue weighted by Gasteiger charge is 2.48. The average molecular weight is 417 g/mol. The second kappa shape index (κ2) is 6.68. The van der Waals surface area contributed by atoms with Gasteiger partial charge in [-0.1, -0.05) is 0 Å². The summed E-state index contributed by atoms with van der Waals surface area (Å²) in [6.45, 7) is 2.37. The molecule has 1 saturated carbocycles. The van der Waals surface area contributed by atoms with Crippen LogP contribution in [0.5, 0.6) is 5.75 Å². The molecule has 9 heteroatoms. The molecule has 1 aromatic heterocycles. The van der Waals surface area contributed by atoms with E-state index in [1.54, 1.807) is 4.57 Å². The second-order valence-corrected chi connectivity index (χ2v) is 8.48. The van der Waals surface area contributed by atoms with E-state index < -0.39 is 17.2 Å². The minimum atomic E-state index is -1.33. The van der Waals surface area contributed by atoms with Gasteiger partial charge >= 0.3 is 5.97 Å². The predicted octanol–water partition coefficient (Wildman–Crippen LogP) is 1.88. The Morgan fingerprint density at radius 3 is 2.77 bits per heavy atom. The van der Waals surface area contributed by atoms with E-state index in [1.807, 2.05) is 11.8 Å². The zero-order valence-electron chi connectivity index (χ0n) is 16.8. The molecule has 8 nitrogen and oxygen atoms in total. The number of aromatic carboxylic acids is 1. The number of halogens is 1.